The lowest BCUT2D eigenvalue weighted by atomic mass is 10.2. The van der Waals surface area contributed by atoms with Gasteiger partial charge in [0.15, 0.2) is 11.5 Å². The van der Waals surface area contributed by atoms with Crippen molar-refractivity contribution >= 4 is 11.5 Å². The number of hydrogen-bond donors (Lipinski definition) is 1. The Morgan fingerprint density at radius 3 is 2.83 bits per heavy atom. The molecule has 1 aliphatic rings. The molecule has 1 N–H and O–H groups in total. The van der Waals surface area contributed by atoms with E-state index in [0.29, 0.717) is 11.8 Å². The Kier molecular flexibility index (Phi) is 3.51. The van der Waals surface area contributed by atoms with E-state index in [1.807, 2.05) is 24.4 Å². The normalized spacial score (nSPS) is 15.8. The van der Waals surface area contributed by atoms with Crippen LogP contribution in [-0.4, -0.2) is 24.7 Å². The van der Waals surface area contributed by atoms with Gasteiger partial charge in [-0.25, -0.2) is 4.98 Å². The first kappa shape index (κ1) is 15.1. The second-order valence-electron chi connectivity index (χ2n) is 6.56. The number of hydrogen-bond acceptors (Lipinski definition) is 6. The molecule has 4 rings (SSSR count). The first-order valence-electron chi connectivity index (χ1n) is 8.52. The molecule has 1 unspecified atom stereocenters. The van der Waals surface area contributed by atoms with Gasteiger partial charge >= 0.3 is 0 Å². The second kappa shape index (κ2) is 5.58. The third-order valence-electron chi connectivity index (χ3n) is 4.61. The van der Waals surface area contributed by atoms with E-state index in [4.69, 9.17) is 9.51 Å². The van der Waals surface area contributed by atoms with Gasteiger partial charge < -0.3 is 9.84 Å². The van der Waals surface area contributed by atoms with Crippen LogP contribution in [0.25, 0.3) is 5.65 Å². The molecule has 24 heavy (non-hydrogen) atoms. The summed E-state index contributed by atoms with van der Waals surface area (Å²) in [5, 5.41) is 12.2. The minimum Gasteiger partial charge on any atom is -0.358 e. The molecular weight excluding hydrogens is 304 g/mol. The quantitative estimate of drug-likeness (QED) is 0.774. The van der Waals surface area contributed by atoms with E-state index >= 15 is 0 Å². The smallest absolute Gasteiger partial charge is 0.248 e. The minimum absolute atomic E-state index is 0.0925. The number of anilines is 1. The lowest BCUT2D eigenvalue weighted by Crippen LogP contribution is -2.12. The maximum absolute atomic E-state index is 5.43. The molecule has 1 aliphatic carbocycles. The Hall–Kier alpha value is -2.44. The Balaban J connectivity index is 1.68. The van der Waals surface area contributed by atoms with Crippen LogP contribution in [-0.2, 0) is 6.42 Å². The lowest BCUT2D eigenvalue weighted by Gasteiger charge is -2.13. The molecule has 0 radical (unpaired) electrons. The summed E-state index contributed by atoms with van der Waals surface area (Å²) in [5.41, 5.74) is 4.02. The Morgan fingerprint density at radius 2 is 2.12 bits per heavy atom. The van der Waals surface area contributed by atoms with Gasteiger partial charge in [-0.2, -0.15) is 14.6 Å². The van der Waals surface area contributed by atoms with Gasteiger partial charge in [0.2, 0.25) is 5.89 Å². The first-order valence-corrected chi connectivity index (χ1v) is 8.52. The summed E-state index contributed by atoms with van der Waals surface area (Å²) >= 11 is 0. The number of fused-ring (bicyclic) bond motifs is 1. The van der Waals surface area contributed by atoms with Crippen molar-refractivity contribution in [3.05, 3.63) is 34.7 Å². The van der Waals surface area contributed by atoms with E-state index < -0.39 is 0 Å². The van der Waals surface area contributed by atoms with E-state index in [0.717, 1.165) is 53.5 Å². The molecule has 126 valence electrons. The van der Waals surface area contributed by atoms with Crippen LogP contribution >= 0.6 is 0 Å². The summed E-state index contributed by atoms with van der Waals surface area (Å²) in [4.78, 5) is 9.23. The predicted molar refractivity (Wildman–Crippen MR) is 90.1 cm³/mol. The van der Waals surface area contributed by atoms with E-state index in [-0.39, 0.29) is 6.04 Å². The molecule has 1 fully saturated rings. The molecular formula is C17H22N6O. The molecule has 3 aromatic heterocycles. The second-order valence-corrected chi connectivity index (χ2v) is 6.56. The Labute approximate surface area is 140 Å². The molecule has 7 nitrogen and oxygen atoms in total. The van der Waals surface area contributed by atoms with Gasteiger partial charge in [-0.3, -0.25) is 0 Å². The highest BCUT2D eigenvalue weighted by Gasteiger charge is 2.29. The maximum atomic E-state index is 5.43. The highest BCUT2D eigenvalue weighted by Crippen LogP contribution is 2.38. The van der Waals surface area contributed by atoms with Crippen molar-refractivity contribution in [2.45, 2.75) is 58.9 Å². The van der Waals surface area contributed by atoms with Crippen LogP contribution in [0.15, 0.2) is 10.6 Å². The third-order valence-corrected chi connectivity index (χ3v) is 4.61. The Bertz CT molecular complexity index is 892. The van der Waals surface area contributed by atoms with Crippen LogP contribution in [0, 0.1) is 13.8 Å². The molecule has 3 heterocycles. The van der Waals surface area contributed by atoms with Gasteiger partial charge in [0.25, 0.3) is 0 Å². The fourth-order valence-electron chi connectivity index (χ4n) is 2.78. The van der Waals surface area contributed by atoms with E-state index in [2.05, 4.69) is 34.4 Å². The largest absolute Gasteiger partial charge is 0.358 e. The van der Waals surface area contributed by atoms with Crippen molar-refractivity contribution in [1.82, 2.24) is 24.7 Å². The number of rotatable bonds is 5. The standard InChI is InChI=1S/C17H22N6O/c1-5-13-8-14(23-16(19-13)9(2)10(3)21-23)18-11(4)17-20-15(22-24-17)12-6-7-12/h8,11-12,18H,5-7H2,1-4H3. The van der Waals surface area contributed by atoms with Gasteiger partial charge in [-0.15, -0.1) is 0 Å². The summed E-state index contributed by atoms with van der Waals surface area (Å²) in [5.74, 6) is 2.83. The topological polar surface area (TPSA) is 81.1 Å². The first-order chi connectivity index (χ1) is 11.6. The van der Waals surface area contributed by atoms with Crippen LogP contribution in [0.1, 0.15) is 67.3 Å². The molecule has 1 atom stereocenters. The molecule has 0 spiro atoms. The fraction of sp³-hybridized carbons (Fsp3) is 0.529. The SMILES string of the molecule is CCc1cc(NC(C)c2nc(C3CC3)no2)n2nc(C)c(C)c2n1. The van der Waals surface area contributed by atoms with Crippen molar-refractivity contribution in [2.24, 2.45) is 0 Å². The average molecular weight is 326 g/mol. The van der Waals surface area contributed by atoms with Gasteiger partial charge in [-0.1, -0.05) is 12.1 Å². The zero-order valence-electron chi connectivity index (χ0n) is 14.5. The van der Waals surface area contributed by atoms with Crippen LogP contribution in [0.2, 0.25) is 0 Å². The van der Waals surface area contributed by atoms with Gasteiger partial charge in [0.1, 0.15) is 11.9 Å². The van der Waals surface area contributed by atoms with Gasteiger partial charge in [0.05, 0.1) is 5.69 Å². The maximum Gasteiger partial charge on any atom is 0.248 e. The van der Waals surface area contributed by atoms with Crippen molar-refractivity contribution in [2.75, 3.05) is 5.32 Å². The van der Waals surface area contributed by atoms with Crippen LogP contribution in [0.4, 0.5) is 5.82 Å². The van der Waals surface area contributed by atoms with E-state index in [1.54, 1.807) is 0 Å². The number of aromatic nitrogens is 5. The summed E-state index contributed by atoms with van der Waals surface area (Å²) in [6, 6.07) is 1.94. The minimum atomic E-state index is -0.0925. The highest BCUT2D eigenvalue weighted by atomic mass is 16.5. The average Bonchev–Trinajstić information content (AvgIpc) is 3.24. The monoisotopic (exact) mass is 326 g/mol. The molecule has 0 aromatic carbocycles. The van der Waals surface area contributed by atoms with Crippen LogP contribution in [0.5, 0.6) is 0 Å². The molecule has 3 aromatic rings. The van der Waals surface area contributed by atoms with Crippen molar-refractivity contribution < 1.29 is 4.52 Å². The number of nitrogens with zero attached hydrogens (tertiary/aromatic N) is 5. The lowest BCUT2D eigenvalue weighted by molar-refractivity contribution is 0.362. The number of nitrogens with one attached hydrogen (secondary N) is 1. The zero-order valence-corrected chi connectivity index (χ0v) is 14.5. The molecule has 7 heteroatoms. The van der Waals surface area contributed by atoms with Crippen molar-refractivity contribution in [3.63, 3.8) is 0 Å². The van der Waals surface area contributed by atoms with Crippen molar-refractivity contribution in [3.8, 4) is 0 Å². The Morgan fingerprint density at radius 1 is 1.33 bits per heavy atom. The van der Waals surface area contributed by atoms with Crippen molar-refractivity contribution in [1.29, 1.82) is 0 Å². The van der Waals surface area contributed by atoms with E-state index in [9.17, 15) is 0 Å². The predicted octanol–water partition coefficient (Wildman–Crippen LogP) is 3.34. The summed E-state index contributed by atoms with van der Waals surface area (Å²) in [7, 11) is 0. The third kappa shape index (κ3) is 2.53. The summed E-state index contributed by atoms with van der Waals surface area (Å²) in [6.07, 6.45) is 3.20. The highest BCUT2D eigenvalue weighted by molar-refractivity contribution is 5.56. The molecule has 0 amide bonds. The van der Waals surface area contributed by atoms with Crippen LogP contribution < -0.4 is 5.32 Å². The van der Waals surface area contributed by atoms with Gasteiger partial charge in [0, 0.05) is 23.2 Å². The van der Waals surface area contributed by atoms with Crippen LogP contribution in [0.3, 0.4) is 0 Å². The summed E-state index contributed by atoms with van der Waals surface area (Å²) in [6.45, 7) is 8.18. The molecule has 0 bridgehead atoms. The summed E-state index contributed by atoms with van der Waals surface area (Å²) < 4.78 is 7.29. The molecule has 0 aliphatic heterocycles. The number of aryl methyl sites for hydroxylation is 3. The van der Waals surface area contributed by atoms with E-state index in [1.165, 1.54) is 0 Å². The fourth-order valence-corrected chi connectivity index (χ4v) is 2.78. The zero-order chi connectivity index (χ0) is 16.8. The van der Waals surface area contributed by atoms with Gasteiger partial charge in [-0.05, 0) is 40.0 Å². The molecule has 1 saturated carbocycles. The molecule has 0 saturated heterocycles.